The third-order valence-corrected chi connectivity index (χ3v) is 12.9. The van der Waals surface area contributed by atoms with Crippen LogP contribution < -0.4 is 16.0 Å². The molecule has 2 unspecified atom stereocenters. The van der Waals surface area contributed by atoms with Gasteiger partial charge in [0.15, 0.2) is 5.58 Å². The standard InChI is InChI=1S/C51H36N4OS/c1-3-14-31(15-4-1)49-52-50(32-16-5-2-6-17-32)54-51(53-49)33-28-29-36-38-21-11-22-39(48(38)57-45(36)30-33)37-20-13-27-44-46(37)40-23-12-26-43(47(40)56-44)55-41-24-9-7-18-34(41)35-19-8-10-25-42(35)55/h1-30,49-54H. The maximum atomic E-state index is 6.87. The van der Waals surface area contributed by atoms with E-state index in [-0.39, 0.29) is 18.5 Å². The highest BCUT2D eigenvalue weighted by Crippen LogP contribution is 2.46. The number of hydrogen-bond acceptors (Lipinski definition) is 5. The zero-order chi connectivity index (χ0) is 37.5. The summed E-state index contributed by atoms with van der Waals surface area (Å²) in [5.41, 5.74) is 11.2. The van der Waals surface area contributed by atoms with Crippen LogP contribution in [-0.2, 0) is 0 Å². The SMILES string of the molecule is c1ccc(C2NC(c3ccccc3)NC(c3ccc4c(c3)sc3c(-c5cccc6oc7c(-n8c9ccccc9c9ccccc98)cccc7c56)cccc34)N2)cc1. The van der Waals surface area contributed by atoms with Gasteiger partial charge in [0.05, 0.1) is 35.2 Å². The first-order valence-electron chi connectivity index (χ1n) is 19.5. The number of fused-ring (bicyclic) bond motifs is 9. The van der Waals surface area contributed by atoms with Gasteiger partial charge in [-0.1, -0.05) is 152 Å². The Morgan fingerprint density at radius 1 is 0.439 bits per heavy atom. The predicted octanol–water partition coefficient (Wildman–Crippen LogP) is 12.9. The van der Waals surface area contributed by atoms with E-state index in [1.165, 1.54) is 69.8 Å². The van der Waals surface area contributed by atoms with Crippen LogP contribution in [0.5, 0.6) is 0 Å². The molecule has 0 radical (unpaired) electrons. The second-order valence-corrected chi connectivity index (χ2v) is 16.0. The molecule has 3 aromatic heterocycles. The molecule has 0 aliphatic carbocycles. The summed E-state index contributed by atoms with van der Waals surface area (Å²) >= 11 is 1.87. The van der Waals surface area contributed by atoms with E-state index in [2.05, 4.69) is 203 Å². The molecule has 4 heterocycles. The molecule has 8 aromatic carbocycles. The minimum Gasteiger partial charge on any atom is -0.454 e. The number of nitrogens with one attached hydrogen (secondary N) is 3. The summed E-state index contributed by atoms with van der Waals surface area (Å²) in [6.45, 7) is 0. The van der Waals surface area contributed by atoms with Crippen molar-refractivity contribution in [1.29, 1.82) is 0 Å². The van der Waals surface area contributed by atoms with Crippen molar-refractivity contribution >= 4 is 75.3 Å². The van der Waals surface area contributed by atoms with Crippen molar-refractivity contribution in [2.45, 2.75) is 18.5 Å². The van der Waals surface area contributed by atoms with E-state index in [4.69, 9.17) is 4.42 Å². The fraction of sp³-hybridized carbons (Fsp3) is 0.0588. The highest BCUT2D eigenvalue weighted by molar-refractivity contribution is 7.26. The van der Waals surface area contributed by atoms with Crippen LogP contribution in [-0.4, -0.2) is 4.57 Å². The second-order valence-electron chi connectivity index (χ2n) is 15.0. The van der Waals surface area contributed by atoms with Crippen molar-refractivity contribution < 1.29 is 4.42 Å². The highest BCUT2D eigenvalue weighted by Gasteiger charge is 2.30. The molecule has 0 saturated carbocycles. The maximum absolute atomic E-state index is 6.87. The first kappa shape index (κ1) is 32.7. The van der Waals surface area contributed by atoms with Gasteiger partial charge in [-0.2, -0.15) is 0 Å². The van der Waals surface area contributed by atoms with E-state index < -0.39 is 0 Å². The molecular weight excluding hydrogens is 717 g/mol. The van der Waals surface area contributed by atoms with E-state index in [9.17, 15) is 0 Å². The van der Waals surface area contributed by atoms with Crippen LogP contribution >= 0.6 is 11.3 Å². The molecule has 12 rings (SSSR count). The smallest absolute Gasteiger partial charge is 0.159 e. The summed E-state index contributed by atoms with van der Waals surface area (Å²) in [6.07, 6.45) is -0.105. The molecule has 5 nitrogen and oxygen atoms in total. The first-order chi connectivity index (χ1) is 28.3. The Bertz CT molecular complexity index is 3210. The number of rotatable bonds is 5. The van der Waals surface area contributed by atoms with Gasteiger partial charge in [0.2, 0.25) is 0 Å². The average Bonchev–Trinajstić information content (AvgIpc) is 3.96. The number of nitrogens with zero attached hydrogens (tertiary/aromatic N) is 1. The highest BCUT2D eigenvalue weighted by atomic mass is 32.1. The van der Waals surface area contributed by atoms with Gasteiger partial charge in [-0.3, -0.25) is 16.0 Å². The first-order valence-corrected chi connectivity index (χ1v) is 20.3. The average molecular weight is 753 g/mol. The minimum absolute atomic E-state index is 0.0203. The number of aromatic nitrogens is 1. The van der Waals surface area contributed by atoms with Crippen molar-refractivity contribution in [3.63, 3.8) is 0 Å². The van der Waals surface area contributed by atoms with Crippen LogP contribution in [0.3, 0.4) is 0 Å². The van der Waals surface area contributed by atoms with Crippen molar-refractivity contribution in [3.05, 3.63) is 199 Å². The second kappa shape index (κ2) is 13.0. The minimum atomic E-state index is -0.0643. The fourth-order valence-corrected chi connectivity index (χ4v) is 10.4. The molecule has 3 N–H and O–H groups in total. The monoisotopic (exact) mass is 752 g/mol. The predicted molar refractivity (Wildman–Crippen MR) is 237 cm³/mol. The Morgan fingerprint density at radius 3 is 1.70 bits per heavy atom. The Hall–Kier alpha value is -6.54. The molecule has 1 aliphatic rings. The largest absolute Gasteiger partial charge is 0.454 e. The molecule has 2 atom stereocenters. The third-order valence-electron chi connectivity index (χ3n) is 11.7. The van der Waals surface area contributed by atoms with Crippen LogP contribution in [0.25, 0.3) is 80.7 Å². The van der Waals surface area contributed by atoms with Crippen molar-refractivity contribution in [2.75, 3.05) is 0 Å². The number of benzene rings is 8. The summed E-state index contributed by atoms with van der Waals surface area (Å²) < 4.78 is 11.8. The number of hydrogen-bond donors (Lipinski definition) is 3. The van der Waals surface area contributed by atoms with Gasteiger partial charge in [0.25, 0.3) is 0 Å². The Kier molecular flexibility index (Phi) is 7.46. The van der Waals surface area contributed by atoms with Crippen molar-refractivity contribution in [1.82, 2.24) is 20.5 Å². The third kappa shape index (κ3) is 5.19. The number of para-hydroxylation sites is 3. The number of thiophene rings is 1. The van der Waals surface area contributed by atoms with Gasteiger partial charge in [-0.05, 0) is 52.6 Å². The lowest BCUT2D eigenvalue weighted by Gasteiger charge is -2.39. The molecule has 0 spiro atoms. The molecule has 1 aliphatic heterocycles. The van der Waals surface area contributed by atoms with Gasteiger partial charge >= 0.3 is 0 Å². The summed E-state index contributed by atoms with van der Waals surface area (Å²) in [7, 11) is 0. The summed E-state index contributed by atoms with van der Waals surface area (Å²) in [5, 5.41) is 18.8. The summed E-state index contributed by atoms with van der Waals surface area (Å²) in [5.74, 6) is 0. The number of furan rings is 1. The summed E-state index contributed by atoms with van der Waals surface area (Å²) in [6, 6.07) is 65.3. The van der Waals surface area contributed by atoms with Crippen molar-refractivity contribution in [2.24, 2.45) is 0 Å². The van der Waals surface area contributed by atoms with E-state index in [1.807, 2.05) is 11.3 Å². The van der Waals surface area contributed by atoms with Crippen LogP contribution in [0.1, 0.15) is 35.2 Å². The van der Waals surface area contributed by atoms with E-state index >= 15 is 0 Å². The van der Waals surface area contributed by atoms with Gasteiger partial charge < -0.3 is 8.98 Å². The molecule has 1 fully saturated rings. The Morgan fingerprint density at radius 2 is 1.00 bits per heavy atom. The molecule has 57 heavy (non-hydrogen) atoms. The van der Waals surface area contributed by atoms with Crippen LogP contribution in [0.4, 0.5) is 0 Å². The Balaban J connectivity index is 0.987. The fourth-order valence-electron chi connectivity index (χ4n) is 9.13. The van der Waals surface area contributed by atoms with E-state index in [0.29, 0.717) is 0 Å². The van der Waals surface area contributed by atoms with Crippen LogP contribution in [0.2, 0.25) is 0 Å². The van der Waals surface area contributed by atoms with E-state index in [0.717, 1.165) is 27.6 Å². The Labute approximate surface area is 332 Å². The lowest BCUT2D eigenvalue weighted by Crippen LogP contribution is -2.54. The van der Waals surface area contributed by atoms with Crippen molar-refractivity contribution in [3.8, 4) is 16.8 Å². The van der Waals surface area contributed by atoms with Gasteiger partial charge in [-0.25, -0.2) is 0 Å². The molecule has 0 amide bonds. The maximum Gasteiger partial charge on any atom is 0.159 e. The summed E-state index contributed by atoms with van der Waals surface area (Å²) in [4.78, 5) is 0. The molecule has 0 bridgehead atoms. The molecule has 1 saturated heterocycles. The quantitative estimate of drug-likeness (QED) is 0.164. The van der Waals surface area contributed by atoms with Gasteiger partial charge in [0.1, 0.15) is 5.58 Å². The lowest BCUT2D eigenvalue weighted by molar-refractivity contribution is 0.203. The van der Waals surface area contributed by atoms with Gasteiger partial charge in [-0.15, -0.1) is 11.3 Å². The van der Waals surface area contributed by atoms with Crippen LogP contribution in [0, 0.1) is 0 Å². The molecule has 272 valence electrons. The van der Waals surface area contributed by atoms with Gasteiger partial charge in [0, 0.05) is 47.3 Å². The van der Waals surface area contributed by atoms with Crippen LogP contribution in [0.15, 0.2) is 186 Å². The molecule has 11 aromatic rings. The zero-order valence-corrected chi connectivity index (χ0v) is 31.6. The zero-order valence-electron chi connectivity index (χ0n) is 30.8. The lowest BCUT2D eigenvalue weighted by atomic mass is 9.97. The molecule has 6 heteroatoms. The topological polar surface area (TPSA) is 54.2 Å². The van der Waals surface area contributed by atoms with E-state index in [1.54, 1.807) is 0 Å². The molecular formula is C51H36N4OS. The normalized spacial score (nSPS) is 17.4.